The average Bonchev–Trinajstić information content (AvgIpc) is 2.83. The summed E-state index contributed by atoms with van der Waals surface area (Å²) in [5.41, 5.74) is 1.39. The van der Waals surface area contributed by atoms with Gasteiger partial charge in [0.15, 0.2) is 0 Å². The van der Waals surface area contributed by atoms with Gasteiger partial charge in [-0.2, -0.15) is 0 Å². The molecule has 0 unspecified atom stereocenters. The zero-order chi connectivity index (χ0) is 16.1. The fourth-order valence-corrected chi connectivity index (χ4v) is 3.75. The predicted octanol–water partition coefficient (Wildman–Crippen LogP) is 2.00. The molecule has 2 fully saturated rings. The molecule has 1 atom stereocenters. The lowest BCUT2D eigenvalue weighted by atomic mass is 9.87. The molecule has 1 aromatic rings. The third kappa shape index (κ3) is 4.51. The molecule has 0 bridgehead atoms. The highest BCUT2D eigenvalue weighted by atomic mass is 19.1. The lowest BCUT2D eigenvalue weighted by molar-refractivity contribution is 0.0682. The molecule has 4 nitrogen and oxygen atoms in total. The number of rotatable bonds is 5. The largest absolute Gasteiger partial charge is 0.383 e. The van der Waals surface area contributed by atoms with E-state index in [1.54, 1.807) is 19.2 Å². The van der Waals surface area contributed by atoms with Crippen LogP contribution in [0.2, 0.25) is 0 Å². The van der Waals surface area contributed by atoms with Crippen LogP contribution in [0.15, 0.2) is 24.3 Å². The number of hydrogen-bond donors (Lipinski definition) is 0. The number of benzene rings is 1. The lowest BCUT2D eigenvalue weighted by Gasteiger charge is -2.32. The van der Waals surface area contributed by atoms with Crippen molar-refractivity contribution >= 4 is 0 Å². The van der Waals surface area contributed by atoms with Gasteiger partial charge < -0.3 is 14.4 Å². The summed E-state index contributed by atoms with van der Waals surface area (Å²) >= 11 is 0. The van der Waals surface area contributed by atoms with Gasteiger partial charge in [-0.05, 0) is 30.7 Å². The van der Waals surface area contributed by atoms with Crippen LogP contribution in [0.3, 0.4) is 0 Å². The Morgan fingerprint density at radius 3 is 2.74 bits per heavy atom. The van der Waals surface area contributed by atoms with Gasteiger partial charge in [0.1, 0.15) is 5.82 Å². The monoisotopic (exact) mass is 322 g/mol. The molecule has 5 heteroatoms. The predicted molar refractivity (Wildman–Crippen MR) is 87.9 cm³/mol. The second kappa shape index (κ2) is 7.71. The molecule has 1 aromatic carbocycles. The molecule has 23 heavy (non-hydrogen) atoms. The van der Waals surface area contributed by atoms with Crippen molar-refractivity contribution in [2.45, 2.75) is 13.0 Å². The summed E-state index contributed by atoms with van der Waals surface area (Å²) in [6, 6.07) is 6.85. The molecule has 2 heterocycles. The Morgan fingerprint density at radius 1 is 1.17 bits per heavy atom. The highest BCUT2D eigenvalue weighted by Crippen LogP contribution is 2.33. The summed E-state index contributed by atoms with van der Waals surface area (Å²) in [6.07, 6.45) is 1.18. The maximum atomic E-state index is 13.1. The number of halogens is 1. The SMILES string of the molecule is COCCN1CC[C@]2(COCCN(Cc3ccc(F)cc3)C2)C1. The van der Waals surface area contributed by atoms with E-state index in [9.17, 15) is 4.39 Å². The van der Waals surface area contributed by atoms with E-state index in [4.69, 9.17) is 9.47 Å². The van der Waals surface area contributed by atoms with Crippen LogP contribution in [0.5, 0.6) is 0 Å². The minimum atomic E-state index is -0.172. The second-order valence-electron chi connectivity index (χ2n) is 6.91. The summed E-state index contributed by atoms with van der Waals surface area (Å²) < 4.78 is 24.2. The van der Waals surface area contributed by atoms with Gasteiger partial charge in [0, 0.05) is 45.2 Å². The van der Waals surface area contributed by atoms with Crippen LogP contribution in [0.4, 0.5) is 4.39 Å². The summed E-state index contributed by atoms with van der Waals surface area (Å²) in [5, 5.41) is 0. The highest BCUT2D eigenvalue weighted by Gasteiger charge is 2.40. The Bertz CT molecular complexity index is 496. The van der Waals surface area contributed by atoms with Crippen LogP contribution in [-0.4, -0.2) is 69.5 Å². The normalized spacial score (nSPS) is 26.7. The van der Waals surface area contributed by atoms with Crippen molar-refractivity contribution in [1.82, 2.24) is 9.80 Å². The molecule has 2 aliphatic heterocycles. The van der Waals surface area contributed by atoms with Crippen LogP contribution >= 0.6 is 0 Å². The van der Waals surface area contributed by atoms with Crippen molar-refractivity contribution < 1.29 is 13.9 Å². The van der Waals surface area contributed by atoms with Crippen molar-refractivity contribution in [3.63, 3.8) is 0 Å². The Labute approximate surface area is 138 Å². The summed E-state index contributed by atoms with van der Waals surface area (Å²) in [5.74, 6) is -0.172. The maximum Gasteiger partial charge on any atom is 0.123 e. The van der Waals surface area contributed by atoms with Gasteiger partial charge in [-0.25, -0.2) is 4.39 Å². The minimum Gasteiger partial charge on any atom is -0.383 e. The minimum absolute atomic E-state index is 0.172. The Kier molecular flexibility index (Phi) is 5.64. The van der Waals surface area contributed by atoms with E-state index in [1.165, 1.54) is 6.42 Å². The first-order chi connectivity index (χ1) is 11.2. The fraction of sp³-hybridized carbons (Fsp3) is 0.667. The van der Waals surface area contributed by atoms with Crippen LogP contribution in [0.25, 0.3) is 0 Å². The third-order valence-electron chi connectivity index (χ3n) is 4.97. The molecule has 0 aliphatic carbocycles. The molecule has 0 aromatic heterocycles. The molecule has 0 saturated carbocycles. The van der Waals surface area contributed by atoms with E-state index < -0.39 is 0 Å². The van der Waals surface area contributed by atoms with Gasteiger partial charge in [0.2, 0.25) is 0 Å². The first-order valence-electron chi connectivity index (χ1n) is 8.45. The van der Waals surface area contributed by atoms with E-state index in [0.717, 1.165) is 64.7 Å². The van der Waals surface area contributed by atoms with Crippen LogP contribution in [0.1, 0.15) is 12.0 Å². The zero-order valence-electron chi connectivity index (χ0n) is 14.0. The Morgan fingerprint density at radius 2 is 1.96 bits per heavy atom. The molecule has 0 amide bonds. The Balaban J connectivity index is 1.61. The van der Waals surface area contributed by atoms with Crippen molar-refractivity contribution in [3.05, 3.63) is 35.6 Å². The third-order valence-corrected chi connectivity index (χ3v) is 4.97. The summed E-state index contributed by atoms with van der Waals surface area (Å²) in [4.78, 5) is 4.94. The number of methoxy groups -OCH3 is 1. The summed E-state index contributed by atoms with van der Waals surface area (Å²) in [6.45, 7) is 8.46. The van der Waals surface area contributed by atoms with Crippen molar-refractivity contribution in [3.8, 4) is 0 Å². The van der Waals surface area contributed by atoms with Gasteiger partial charge >= 0.3 is 0 Å². The first-order valence-corrected chi connectivity index (χ1v) is 8.45. The van der Waals surface area contributed by atoms with E-state index in [-0.39, 0.29) is 11.2 Å². The fourth-order valence-electron chi connectivity index (χ4n) is 3.75. The molecule has 3 rings (SSSR count). The standard InChI is InChI=1S/C18H27FN2O2/c1-22-10-8-20-7-6-18(13-20)14-21(9-11-23-15-18)12-16-2-4-17(19)5-3-16/h2-5H,6-15H2,1H3/t18-/m0/s1. The van der Waals surface area contributed by atoms with Crippen LogP contribution in [0, 0.1) is 11.2 Å². The van der Waals surface area contributed by atoms with Gasteiger partial charge in [-0.3, -0.25) is 4.90 Å². The zero-order valence-corrected chi connectivity index (χ0v) is 14.0. The van der Waals surface area contributed by atoms with Gasteiger partial charge in [-0.1, -0.05) is 12.1 Å². The van der Waals surface area contributed by atoms with Gasteiger partial charge in [0.05, 0.1) is 19.8 Å². The molecule has 2 saturated heterocycles. The van der Waals surface area contributed by atoms with Crippen molar-refractivity contribution in [2.24, 2.45) is 5.41 Å². The number of likely N-dealkylation sites (tertiary alicyclic amines) is 1. The smallest absolute Gasteiger partial charge is 0.123 e. The molecular formula is C18H27FN2O2. The molecule has 1 spiro atoms. The van der Waals surface area contributed by atoms with E-state index >= 15 is 0 Å². The Hall–Kier alpha value is -1.01. The van der Waals surface area contributed by atoms with Crippen LogP contribution in [-0.2, 0) is 16.0 Å². The topological polar surface area (TPSA) is 24.9 Å². The summed E-state index contributed by atoms with van der Waals surface area (Å²) in [7, 11) is 1.75. The number of hydrogen-bond acceptors (Lipinski definition) is 4. The molecular weight excluding hydrogens is 295 g/mol. The van der Waals surface area contributed by atoms with E-state index in [0.29, 0.717) is 0 Å². The molecule has 0 radical (unpaired) electrons. The molecule has 0 N–H and O–H groups in total. The quantitative estimate of drug-likeness (QED) is 0.828. The number of ether oxygens (including phenoxy) is 2. The van der Waals surface area contributed by atoms with Crippen LogP contribution < -0.4 is 0 Å². The average molecular weight is 322 g/mol. The lowest BCUT2D eigenvalue weighted by Crippen LogP contribution is -2.40. The second-order valence-corrected chi connectivity index (χ2v) is 6.91. The first kappa shape index (κ1) is 16.8. The molecule has 128 valence electrons. The van der Waals surface area contributed by atoms with E-state index in [1.807, 2.05) is 12.1 Å². The highest BCUT2D eigenvalue weighted by molar-refractivity contribution is 5.16. The maximum absolute atomic E-state index is 13.1. The van der Waals surface area contributed by atoms with E-state index in [2.05, 4.69) is 9.80 Å². The molecule has 2 aliphatic rings. The van der Waals surface area contributed by atoms with Gasteiger partial charge in [0.25, 0.3) is 0 Å². The van der Waals surface area contributed by atoms with Gasteiger partial charge in [-0.15, -0.1) is 0 Å². The van der Waals surface area contributed by atoms with Crippen molar-refractivity contribution in [2.75, 3.05) is 59.7 Å². The number of nitrogens with zero attached hydrogens (tertiary/aromatic N) is 2. The van der Waals surface area contributed by atoms with Crippen molar-refractivity contribution in [1.29, 1.82) is 0 Å².